The van der Waals surface area contributed by atoms with Gasteiger partial charge >= 0.3 is 0 Å². The molecular formula is C37H48ClN5O4S. The fourth-order valence-corrected chi connectivity index (χ4v) is 8.15. The Balaban J connectivity index is 1.18. The van der Waals surface area contributed by atoms with Crippen LogP contribution in [0.25, 0.3) is 0 Å². The van der Waals surface area contributed by atoms with Gasteiger partial charge in [-0.3, -0.25) is 14.5 Å². The Hall–Kier alpha value is -2.99. The van der Waals surface area contributed by atoms with Crippen molar-refractivity contribution in [2.24, 2.45) is 5.92 Å². The molecule has 1 aliphatic carbocycles. The molecule has 1 aromatic heterocycles. The largest absolute Gasteiger partial charge is 0.450 e. The van der Waals surface area contributed by atoms with E-state index < -0.39 is 12.5 Å². The Morgan fingerprint density at radius 3 is 2.40 bits per heavy atom. The van der Waals surface area contributed by atoms with Gasteiger partial charge in [-0.15, -0.1) is 11.3 Å². The number of para-hydroxylation sites is 1. The van der Waals surface area contributed by atoms with Crippen molar-refractivity contribution in [3.05, 3.63) is 87.6 Å². The number of nitrogens with one attached hydrogen (secondary N) is 2. The van der Waals surface area contributed by atoms with Crippen molar-refractivity contribution in [3.63, 3.8) is 0 Å². The fourth-order valence-electron chi connectivity index (χ4n) is 7.32. The molecule has 6 rings (SSSR count). The minimum absolute atomic E-state index is 0.0143. The first-order valence-electron chi connectivity index (χ1n) is 17.4. The number of piperidine rings is 1. The van der Waals surface area contributed by atoms with Crippen LogP contribution in [-0.2, 0) is 22.7 Å². The second-order valence-corrected chi connectivity index (χ2v) is 14.7. The number of rotatable bonds is 12. The summed E-state index contributed by atoms with van der Waals surface area (Å²) in [6.45, 7) is 3.96. The van der Waals surface area contributed by atoms with Crippen molar-refractivity contribution in [3.8, 4) is 5.75 Å². The number of carbonyl (C=O) groups is 2. The maximum Gasteiger partial charge on any atom is 0.259 e. The minimum Gasteiger partial charge on any atom is -0.450 e. The molecule has 2 aromatic carbocycles. The first-order valence-corrected chi connectivity index (χ1v) is 18.7. The molecule has 3 fully saturated rings. The van der Waals surface area contributed by atoms with Crippen LogP contribution in [0.2, 0.25) is 5.02 Å². The third-order valence-corrected chi connectivity index (χ3v) is 11.2. The Kier molecular flexibility index (Phi) is 12.4. The summed E-state index contributed by atoms with van der Waals surface area (Å²) < 4.78 is 5.82. The predicted molar refractivity (Wildman–Crippen MR) is 190 cm³/mol. The molecule has 3 heterocycles. The van der Waals surface area contributed by atoms with E-state index in [2.05, 4.69) is 39.8 Å². The molecule has 2 amide bonds. The zero-order chi connectivity index (χ0) is 33.3. The molecule has 1 saturated carbocycles. The summed E-state index contributed by atoms with van der Waals surface area (Å²) in [6.07, 6.45) is 6.24. The SMILES string of the molecule is O=C(NCc1cccs1)[C@@H]1CN(C(O)Oc2ccccc2Cl)CCN1C(=O)[C@H](NC1CCCCC1)C1CCN(Cc2ccccc2)CC1. The Morgan fingerprint density at radius 2 is 1.67 bits per heavy atom. The zero-order valence-corrected chi connectivity index (χ0v) is 29.1. The summed E-state index contributed by atoms with van der Waals surface area (Å²) in [6, 6.07) is 20.6. The lowest BCUT2D eigenvalue weighted by molar-refractivity contribution is -0.169. The van der Waals surface area contributed by atoms with Crippen LogP contribution >= 0.6 is 22.9 Å². The normalized spacial score (nSPS) is 21.5. The third-order valence-electron chi connectivity index (χ3n) is 10.0. The number of aliphatic hydroxyl groups is 1. The van der Waals surface area contributed by atoms with Crippen molar-refractivity contribution >= 4 is 34.8 Å². The molecule has 3 N–H and O–H groups in total. The number of aliphatic hydroxyl groups excluding tert-OH is 1. The number of nitrogens with zero attached hydrogens (tertiary/aromatic N) is 3. The van der Waals surface area contributed by atoms with Crippen LogP contribution in [-0.4, -0.2) is 88.9 Å². The van der Waals surface area contributed by atoms with Gasteiger partial charge in [0.2, 0.25) is 11.8 Å². The quantitative estimate of drug-likeness (QED) is 0.228. The number of amides is 2. The minimum atomic E-state index is -1.32. The Labute approximate surface area is 293 Å². The molecule has 2 aliphatic heterocycles. The van der Waals surface area contributed by atoms with Crippen LogP contribution in [0.3, 0.4) is 0 Å². The van der Waals surface area contributed by atoms with Crippen LogP contribution in [0.5, 0.6) is 5.75 Å². The maximum atomic E-state index is 14.7. The number of hydrogen-bond acceptors (Lipinski definition) is 8. The van der Waals surface area contributed by atoms with E-state index >= 15 is 0 Å². The highest BCUT2D eigenvalue weighted by molar-refractivity contribution is 7.09. The summed E-state index contributed by atoms with van der Waals surface area (Å²) in [5, 5.41) is 20.4. The molecule has 0 bridgehead atoms. The van der Waals surface area contributed by atoms with Crippen LogP contribution in [0.4, 0.5) is 0 Å². The smallest absolute Gasteiger partial charge is 0.259 e. The summed E-state index contributed by atoms with van der Waals surface area (Å²) >= 11 is 7.88. The highest BCUT2D eigenvalue weighted by Crippen LogP contribution is 2.29. The second kappa shape index (κ2) is 17.1. The Bertz CT molecular complexity index is 1450. The number of halogens is 1. The fraction of sp³-hybridized carbons (Fsp3) is 0.514. The average Bonchev–Trinajstić information content (AvgIpc) is 3.65. The average molecular weight is 694 g/mol. The lowest BCUT2D eigenvalue weighted by Gasteiger charge is -2.45. The van der Waals surface area contributed by atoms with Crippen molar-refractivity contribution in [2.75, 3.05) is 32.7 Å². The second-order valence-electron chi connectivity index (χ2n) is 13.3. The molecule has 3 atom stereocenters. The molecule has 48 heavy (non-hydrogen) atoms. The molecule has 0 radical (unpaired) electrons. The predicted octanol–water partition coefficient (Wildman–Crippen LogP) is 5.09. The number of carbonyl (C=O) groups excluding carboxylic acids is 2. The maximum absolute atomic E-state index is 14.7. The van der Waals surface area contributed by atoms with E-state index in [0.717, 1.165) is 50.2 Å². The zero-order valence-electron chi connectivity index (χ0n) is 27.5. The van der Waals surface area contributed by atoms with Crippen LogP contribution < -0.4 is 15.4 Å². The number of ether oxygens (including phenoxy) is 1. The van der Waals surface area contributed by atoms with Gasteiger partial charge in [-0.1, -0.05) is 79.4 Å². The van der Waals surface area contributed by atoms with Gasteiger partial charge in [0.15, 0.2) is 0 Å². The van der Waals surface area contributed by atoms with E-state index in [0.29, 0.717) is 36.4 Å². The highest BCUT2D eigenvalue weighted by atomic mass is 35.5. The van der Waals surface area contributed by atoms with Gasteiger partial charge < -0.3 is 25.4 Å². The van der Waals surface area contributed by atoms with Crippen molar-refractivity contribution in [1.82, 2.24) is 25.3 Å². The first-order chi connectivity index (χ1) is 23.4. The number of thiophene rings is 1. The molecule has 0 spiro atoms. The molecule has 9 nitrogen and oxygen atoms in total. The van der Waals surface area contributed by atoms with Crippen molar-refractivity contribution in [1.29, 1.82) is 0 Å². The number of benzene rings is 2. The molecule has 3 aromatic rings. The monoisotopic (exact) mass is 693 g/mol. The molecule has 258 valence electrons. The van der Waals surface area contributed by atoms with Crippen LogP contribution in [0.1, 0.15) is 55.4 Å². The number of likely N-dealkylation sites (tertiary alicyclic amines) is 1. The summed E-state index contributed by atoms with van der Waals surface area (Å²) in [7, 11) is 0. The van der Waals surface area contributed by atoms with Gasteiger partial charge in [0.1, 0.15) is 11.8 Å². The Morgan fingerprint density at radius 1 is 0.917 bits per heavy atom. The third kappa shape index (κ3) is 9.16. The van der Waals surface area contributed by atoms with E-state index in [1.165, 1.54) is 24.8 Å². The summed E-state index contributed by atoms with van der Waals surface area (Å²) in [4.78, 5) is 35.6. The van der Waals surface area contributed by atoms with Gasteiger partial charge in [0.05, 0.1) is 17.6 Å². The van der Waals surface area contributed by atoms with Gasteiger partial charge in [0, 0.05) is 37.1 Å². The van der Waals surface area contributed by atoms with E-state index in [1.54, 1.807) is 45.4 Å². The van der Waals surface area contributed by atoms with E-state index in [-0.39, 0.29) is 30.3 Å². The van der Waals surface area contributed by atoms with Gasteiger partial charge in [-0.2, -0.15) is 0 Å². The number of hydrogen-bond donors (Lipinski definition) is 3. The van der Waals surface area contributed by atoms with Crippen LogP contribution in [0.15, 0.2) is 72.1 Å². The summed E-state index contributed by atoms with van der Waals surface area (Å²) in [5.41, 5.74) is 1.30. The van der Waals surface area contributed by atoms with Gasteiger partial charge in [-0.05, 0) is 73.8 Å². The first kappa shape index (κ1) is 34.9. The standard InChI is InChI=1S/C37H48ClN5O4S/c38-31-15-7-8-16-33(31)47-37(46)42-21-22-43(32(26-42)35(44)39-24-30-14-9-23-48-30)36(45)34(40-29-12-5-2-6-13-29)28-17-19-41(20-18-28)25-27-10-3-1-4-11-27/h1,3-4,7-11,14-16,23,28-29,32,34,37,40,46H,2,5-6,12-13,17-22,24-26H2,(H,39,44)/t32-,34+,37?/m0/s1. The molecule has 11 heteroatoms. The summed E-state index contributed by atoms with van der Waals surface area (Å²) in [5.74, 6) is 0.285. The lowest BCUT2D eigenvalue weighted by Crippen LogP contribution is -2.66. The van der Waals surface area contributed by atoms with E-state index in [9.17, 15) is 14.7 Å². The van der Waals surface area contributed by atoms with E-state index in [4.69, 9.17) is 16.3 Å². The van der Waals surface area contributed by atoms with Crippen molar-refractivity contribution in [2.45, 2.75) is 82.6 Å². The van der Waals surface area contributed by atoms with Gasteiger partial charge in [-0.25, -0.2) is 4.90 Å². The number of piperazine rings is 1. The molecule has 2 saturated heterocycles. The molecular weight excluding hydrogens is 646 g/mol. The molecule has 3 aliphatic rings. The van der Waals surface area contributed by atoms with E-state index in [1.807, 2.05) is 23.6 Å². The van der Waals surface area contributed by atoms with Crippen LogP contribution in [0, 0.1) is 5.92 Å². The lowest BCUT2D eigenvalue weighted by atomic mass is 9.85. The topological polar surface area (TPSA) is 97.4 Å². The molecule has 1 unspecified atom stereocenters. The highest BCUT2D eigenvalue weighted by Gasteiger charge is 2.43. The van der Waals surface area contributed by atoms with Gasteiger partial charge in [0.25, 0.3) is 6.41 Å². The van der Waals surface area contributed by atoms with Crippen molar-refractivity contribution < 1.29 is 19.4 Å².